The average Bonchev–Trinajstić information content (AvgIpc) is 3.36. The first kappa shape index (κ1) is 21.3. The molecule has 2 aromatic carbocycles. The summed E-state index contributed by atoms with van der Waals surface area (Å²) in [6.45, 7) is 5.84. The maximum absolute atomic E-state index is 12.3. The third-order valence-electron chi connectivity index (χ3n) is 5.84. The van der Waals surface area contributed by atoms with Crippen LogP contribution in [0.15, 0.2) is 48.5 Å². The first-order valence-electron chi connectivity index (χ1n) is 10.7. The SMILES string of the molecule is CC(C)c1ccc(NC(=O)O[C@@H]2CO[C@H]3[C@@H]2OC[C@@H]3[NH2+]Cc2cccc(C#N)c2)cc1. The molecule has 2 saturated heterocycles. The van der Waals surface area contributed by atoms with Crippen molar-refractivity contribution in [2.75, 3.05) is 18.5 Å². The zero-order valence-corrected chi connectivity index (χ0v) is 17.8. The second kappa shape index (κ2) is 9.48. The van der Waals surface area contributed by atoms with Gasteiger partial charge in [0.15, 0.2) is 6.10 Å². The van der Waals surface area contributed by atoms with Gasteiger partial charge in [0.05, 0.1) is 18.2 Å². The highest BCUT2D eigenvalue weighted by Gasteiger charge is 2.51. The van der Waals surface area contributed by atoms with Crippen molar-refractivity contribution in [3.63, 3.8) is 0 Å². The second-order valence-corrected chi connectivity index (χ2v) is 8.36. The van der Waals surface area contributed by atoms with Gasteiger partial charge in [0.25, 0.3) is 0 Å². The molecule has 2 aromatic rings. The van der Waals surface area contributed by atoms with E-state index in [4.69, 9.17) is 19.5 Å². The topological polar surface area (TPSA) is 97.2 Å². The summed E-state index contributed by atoms with van der Waals surface area (Å²) in [6.07, 6.45) is -1.32. The van der Waals surface area contributed by atoms with Gasteiger partial charge in [-0.05, 0) is 35.7 Å². The molecular formula is C24H28N3O4+. The number of anilines is 1. The quantitative estimate of drug-likeness (QED) is 0.746. The number of nitrogens with one attached hydrogen (secondary N) is 1. The maximum atomic E-state index is 12.3. The summed E-state index contributed by atoms with van der Waals surface area (Å²) >= 11 is 0. The Balaban J connectivity index is 1.27. The highest BCUT2D eigenvalue weighted by Crippen LogP contribution is 2.28. The van der Waals surface area contributed by atoms with Crippen LogP contribution in [0.3, 0.4) is 0 Å². The predicted octanol–water partition coefficient (Wildman–Crippen LogP) is 2.53. The van der Waals surface area contributed by atoms with Gasteiger partial charge in [-0.2, -0.15) is 5.26 Å². The largest absolute Gasteiger partial charge is 0.441 e. The van der Waals surface area contributed by atoms with Crippen LogP contribution in [0, 0.1) is 11.3 Å². The van der Waals surface area contributed by atoms with Crippen molar-refractivity contribution in [3.8, 4) is 6.07 Å². The smallest absolute Gasteiger partial charge is 0.412 e. The molecule has 2 aliphatic rings. The van der Waals surface area contributed by atoms with E-state index < -0.39 is 12.2 Å². The molecule has 0 aromatic heterocycles. The third-order valence-corrected chi connectivity index (χ3v) is 5.84. The van der Waals surface area contributed by atoms with Crippen molar-refractivity contribution in [2.45, 2.75) is 50.7 Å². The van der Waals surface area contributed by atoms with E-state index >= 15 is 0 Å². The van der Waals surface area contributed by atoms with Crippen molar-refractivity contribution in [1.82, 2.24) is 0 Å². The lowest BCUT2D eigenvalue weighted by molar-refractivity contribution is -0.707. The Morgan fingerprint density at radius 2 is 1.97 bits per heavy atom. The molecule has 2 aliphatic heterocycles. The fraction of sp³-hybridized carbons (Fsp3) is 0.417. The number of nitrogens with two attached hydrogens (primary N) is 1. The summed E-state index contributed by atoms with van der Waals surface area (Å²) in [4.78, 5) is 12.3. The Morgan fingerprint density at radius 3 is 2.71 bits per heavy atom. The monoisotopic (exact) mass is 422 g/mol. The van der Waals surface area contributed by atoms with E-state index in [0.717, 1.165) is 12.1 Å². The van der Waals surface area contributed by atoms with Crippen LogP contribution in [0.2, 0.25) is 0 Å². The zero-order chi connectivity index (χ0) is 21.8. The summed E-state index contributed by atoms with van der Waals surface area (Å²) in [7, 11) is 0. The van der Waals surface area contributed by atoms with Gasteiger partial charge in [-0.25, -0.2) is 4.79 Å². The molecule has 4 atom stereocenters. The summed E-state index contributed by atoms with van der Waals surface area (Å²) in [5.74, 6) is 0.438. The molecular weight excluding hydrogens is 394 g/mol. The number of rotatable bonds is 6. The summed E-state index contributed by atoms with van der Waals surface area (Å²) in [5.41, 5.74) is 3.65. The number of hydrogen-bond donors (Lipinski definition) is 2. The number of nitrogens with zero attached hydrogens (tertiary/aromatic N) is 1. The number of amides is 1. The molecule has 0 aliphatic carbocycles. The molecule has 0 bridgehead atoms. The van der Waals surface area contributed by atoms with E-state index in [1.54, 1.807) is 6.07 Å². The molecule has 7 nitrogen and oxygen atoms in total. The fourth-order valence-corrected chi connectivity index (χ4v) is 4.09. The van der Waals surface area contributed by atoms with Gasteiger partial charge in [0, 0.05) is 11.3 Å². The predicted molar refractivity (Wildman–Crippen MR) is 114 cm³/mol. The molecule has 1 amide bonds. The molecule has 162 valence electrons. The second-order valence-electron chi connectivity index (χ2n) is 8.36. The van der Waals surface area contributed by atoms with Crippen LogP contribution < -0.4 is 10.6 Å². The van der Waals surface area contributed by atoms with Crippen LogP contribution in [-0.4, -0.2) is 43.7 Å². The van der Waals surface area contributed by atoms with Crippen LogP contribution in [0.5, 0.6) is 0 Å². The van der Waals surface area contributed by atoms with Crippen LogP contribution in [0.25, 0.3) is 0 Å². The fourth-order valence-electron chi connectivity index (χ4n) is 4.09. The van der Waals surface area contributed by atoms with E-state index in [9.17, 15) is 4.79 Å². The number of carbonyl (C=O) groups is 1. The van der Waals surface area contributed by atoms with Gasteiger partial charge >= 0.3 is 6.09 Å². The Labute approximate surface area is 182 Å². The van der Waals surface area contributed by atoms with Crippen molar-refractivity contribution >= 4 is 11.8 Å². The number of nitriles is 1. The number of benzene rings is 2. The first-order valence-corrected chi connectivity index (χ1v) is 10.7. The highest BCUT2D eigenvalue weighted by molar-refractivity contribution is 5.84. The number of ether oxygens (including phenoxy) is 3. The summed E-state index contributed by atoms with van der Waals surface area (Å²) < 4.78 is 17.4. The summed E-state index contributed by atoms with van der Waals surface area (Å²) in [5, 5.41) is 14.0. The van der Waals surface area contributed by atoms with Crippen LogP contribution in [-0.2, 0) is 20.8 Å². The minimum absolute atomic E-state index is 0.121. The molecule has 0 radical (unpaired) electrons. The average molecular weight is 423 g/mol. The van der Waals surface area contributed by atoms with Gasteiger partial charge in [0.2, 0.25) is 0 Å². The van der Waals surface area contributed by atoms with E-state index in [1.165, 1.54) is 5.56 Å². The van der Waals surface area contributed by atoms with Crippen molar-refractivity contribution in [2.24, 2.45) is 0 Å². The molecule has 4 rings (SSSR count). The molecule has 0 unspecified atom stereocenters. The first-order chi connectivity index (χ1) is 15.0. The lowest BCUT2D eigenvalue weighted by Gasteiger charge is -2.17. The number of hydrogen-bond acceptors (Lipinski definition) is 5. The Morgan fingerprint density at radius 1 is 1.19 bits per heavy atom. The number of quaternary nitrogens is 1. The van der Waals surface area contributed by atoms with Crippen LogP contribution >= 0.6 is 0 Å². The van der Waals surface area contributed by atoms with Gasteiger partial charge in [-0.3, -0.25) is 5.32 Å². The van der Waals surface area contributed by atoms with E-state index in [-0.39, 0.29) is 18.2 Å². The van der Waals surface area contributed by atoms with E-state index in [1.807, 2.05) is 42.5 Å². The molecule has 7 heteroatoms. The van der Waals surface area contributed by atoms with Crippen LogP contribution in [0.4, 0.5) is 10.5 Å². The lowest BCUT2D eigenvalue weighted by Crippen LogP contribution is -2.91. The van der Waals surface area contributed by atoms with Gasteiger partial charge in [0.1, 0.15) is 31.4 Å². The van der Waals surface area contributed by atoms with E-state index in [0.29, 0.717) is 30.4 Å². The van der Waals surface area contributed by atoms with E-state index in [2.05, 4.69) is 30.6 Å². The standard InChI is InChI=1S/C24H27N3O4/c1-15(2)18-6-8-19(9-7-18)27-24(28)31-21-14-30-22-20(13-29-23(21)22)26-12-17-5-3-4-16(10-17)11-25/h3-10,15,20-23,26H,12-14H2,1-2H3,(H,27,28)/p+1/t20-,21+,22+,23+/m0/s1. The van der Waals surface area contributed by atoms with Gasteiger partial charge in [-0.15, -0.1) is 0 Å². The van der Waals surface area contributed by atoms with Crippen LogP contribution in [0.1, 0.15) is 36.5 Å². The molecule has 2 heterocycles. The minimum atomic E-state index is -0.504. The van der Waals surface area contributed by atoms with Crippen molar-refractivity contribution in [3.05, 3.63) is 65.2 Å². The normalized spacial score (nSPS) is 24.6. The molecule has 3 N–H and O–H groups in total. The Hall–Kier alpha value is -2.92. The zero-order valence-electron chi connectivity index (χ0n) is 17.8. The number of carbonyl (C=O) groups excluding carboxylic acids is 1. The summed E-state index contributed by atoms with van der Waals surface area (Å²) in [6, 6.07) is 17.6. The van der Waals surface area contributed by atoms with Gasteiger partial charge in [-0.1, -0.05) is 38.1 Å². The molecule has 31 heavy (non-hydrogen) atoms. The molecule has 0 saturated carbocycles. The minimum Gasteiger partial charge on any atom is -0.441 e. The van der Waals surface area contributed by atoms with Gasteiger partial charge < -0.3 is 19.5 Å². The Kier molecular flexibility index (Phi) is 6.52. The van der Waals surface area contributed by atoms with Crippen molar-refractivity contribution in [1.29, 1.82) is 5.26 Å². The molecule has 2 fully saturated rings. The lowest BCUT2D eigenvalue weighted by atomic mass is 10.0. The highest BCUT2D eigenvalue weighted by atomic mass is 16.6. The molecule has 0 spiro atoms. The Bertz CT molecular complexity index is 954. The third kappa shape index (κ3) is 5.05. The maximum Gasteiger partial charge on any atom is 0.412 e. The van der Waals surface area contributed by atoms with Crippen molar-refractivity contribution < 1.29 is 24.3 Å². The number of fused-ring (bicyclic) bond motifs is 1.